The summed E-state index contributed by atoms with van der Waals surface area (Å²) in [6, 6.07) is 1.02. The molecule has 0 spiro atoms. The van der Waals surface area contributed by atoms with E-state index in [0.717, 1.165) is 30.3 Å². The molecule has 20 heavy (non-hydrogen) atoms. The number of piperidine rings is 1. The second-order valence-corrected chi connectivity index (χ2v) is 7.07. The number of rotatable bonds is 5. The minimum atomic E-state index is -0.248. The van der Waals surface area contributed by atoms with Crippen LogP contribution in [-0.2, 0) is 6.54 Å². The van der Waals surface area contributed by atoms with Gasteiger partial charge in [0.05, 0.1) is 11.8 Å². The van der Waals surface area contributed by atoms with Crippen LogP contribution >= 0.6 is 11.3 Å². The zero-order valence-corrected chi connectivity index (χ0v) is 13.3. The molecule has 1 aliphatic heterocycles. The standard InChI is InChI=1S/C15H25N3OS/c1-11(19)14-5-3-4-8-18(14)9-12-10-20-15(16-12)17(2)13-6-7-13/h10-11,13-14,19H,3-9H2,1-2H3. The molecule has 0 amide bonds. The van der Waals surface area contributed by atoms with Crippen molar-refractivity contribution in [2.24, 2.45) is 0 Å². The largest absolute Gasteiger partial charge is 0.392 e. The molecule has 1 aromatic rings. The molecule has 2 atom stereocenters. The predicted molar refractivity (Wildman–Crippen MR) is 83.3 cm³/mol. The van der Waals surface area contributed by atoms with Crippen molar-refractivity contribution in [2.75, 3.05) is 18.5 Å². The van der Waals surface area contributed by atoms with Crippen LogP contribution in [0.1, 0.15) is 44.7 Å². The molecule has 3 rings (SSSR count). The topological polar surface area (TPSA) is 39.6 Å². The van der Waals surface area contributed by atoms with Crippen LogP contribution in [0.2, 0.25) is 0 Å². The summed E-state index contributed by atoms with van der Waals surface area (Å²) in [5, 5.41) is 13.3. The van der Waals surface area contributed by atoms with E-state index >= 15 is 0 Å². The highest BCUT2D eigenvalue weighted by Crippen LogP contribution is 2.32. The Morgan fingerprint density at radius 2 is 2.25 bits per heavy atom. The first-order valence-corrected chi connectivity index (χ1v) is 8.62. The van der Waals surface area contributed by atoms with Gasteiger partial charge in [-0.25, -0.2) is 4.98 Å². The molecule has 2 aliphatic rings. The fraction of sp³-hybridized carbons (Fsp3) is 0.800. The van der Waals surface area contributed by atoms with Crippen LogP contribution in [0.4, 0.5) is 5.13 Å². The third kappa shape index (κ3) is 3.15. The molecule has 0 bridgehead atoms. The van der Waals surface area contributed by atoms with E-state index in [9.17, 15) is 5.11 Å². The maximum absolute atomic E-state index is 9.93. The Hall–Kier alpha value is -0.650. The summed E-state index contributed by atoms with van der Waals surface area (Å²) < 4.78 is 0. The lowest BCUT2D eigenvalue weighted by molar-refractivity contribution is 0.0311. The van der Waals surface area contributed by atoms with Crippen LogP contribution in [-0.4, -0.2) is 46.8 Å². The normalized spacial score (nSPS) is 25.6. The van der Waals surface area contributed by atoms with Crippen LogP contribution in [0.3, 0.4) is 0 Å². The molecule has 0 radical (unpaired) electrons. The average Bonchev–Trinajstić information content (AvgIpc) is 3.19. The highest BCUT2D eigenvalue weighted by molar-refractivity contribution is 7.13. The van der Waals surface area contributed by atoms with Gasteiger partial charge < -0.3 is 10.0 Å². The van der Waals surface area contributed by atoms with Crippen molar-refractivity contribution in [1.82, 2.24) is 9.88 Å². The molecular formula is C15H25N3OS. The van der Waals surface area contributed by atoms with Crippen LogP contribution in [0, 0.1) is 0 Å². The summed E-state index contributed by atoms with van der Waals surface area (Å²) in [4.78, 5) is 9.50. The van der Waals surface area contributed by atoms with Gasteiger partial charge in [-0.3, -0.25) is 4.90 Å². The summed E-state index contributed by atoms with van der Waals surface area (Å²) in [6.07, 6.45) is 5.95. The van der Waals surface area contributed by atoms with Gasteiger partial charge in [-0.15, -0.1) is 11.3 Å². The number of aromatic nitrogens is 1. The van der Waals surface area contributed by atoms with Crippen molar-refractivity contribution in [2.45, 2.75) is 63.8 Å². The zero-order chi connectivity index (χ0) is 14.1. The minimum Gasteiger partial charge on any atom is -0.392 e. The number of hydrogen-bond donors (Lipinski definition) is 1. The Kier molecular flexibility index (Phi) is 4.29. The molecule has 1 aliphatic carbocycles. The number of hydrogen-bond acceptors (Lipinski definition) is 5. The van der Waals surface area contributed by atoms with Crippen molar-refractivity contribution in [3.8, 4) is 0 Å². The van der Waals surface area contributed by atoms with Gasteiger partial charge in [-0.1, -0.05) is 6.42 Å². The lowest BCUT2D eigenvalue weighted by Gasteiger charge is -2.37. The molecule has 112 valence electrons. The van der Waals surface area contributed by atoms with Gasteiger partial charge in [0.15, 0.2) is 5.13 Å². The Balaban J connectivity index is 1.64. The monoisotopic (exact) mass is 295 g/mol. The van der Waals surface area contributed by atoms with Gasteiger partial charge in [0, 0.05) is 31.1 Å². The molecule has 2 unspecified atom stereocenters. The fourth-order valence-electron chi connectivity index (χ4n) is 3.12. The van der Waals surface area contributed by atoms with Gasteiger partial charge in [0.25, 0.3) is 0 Å². The van der Waals surface area contributed by atoms with E-state index in [1.807, 2.05) is 6.92 Å². The van der Waals surface area contributed by atoms with E-state index in [4.69, 9.17) is 4.98 Å². The van der Waals surface area contributed by atoms with Crippen molar-refractivity contribution in [3.63, 3.8) is 0 Å². The Morgan fingerprint density at radius 1 is 1.45 bits per heavy atom. The average molecular weight is 295 g/mol. The summed E-state index contributed by atoms with van der Waals surface area (Å²) in [5.74, 6) is 0. The smallest absolute Gasteiger partial charge is 0.185 e. The van der Waals surface area contributed by atoms with Gasteiger partial charge in [0.2, 0.25) is 0 Å². The highest BCUT2D eigenvalue weighted by atomic mass is 32.1. The first kappa shape index (κ1) is 14.3. The molecule has 0 aromatic carbocycles. The first-order valence-electron chi connectivity index (χ1n) is 7.74. The minimum absolute atomic E-state index is 0.248. The number of thiazole rings is 1. The maximum atomic E-state index is 9.93. The Labute approximate surface area is 125 Å². The maximum Gasteiger partial charge on any atom is 0.185 e. The SMILES string of the molecule is CC(O)C1CCCCN1Cc1csc(N(C)C2CC2)n1. The molecule has 1 aromatic heterocycles. The lowest BCUT2D eigenvalue weighted by Crippen LogP contribution is -2.45. The van der Waals surface area contributed by atoms with E-state index in [2.05, 4.69) is 22.2 Å². The Bertz CT molecular complexity index is 444. The van der Waals surface area contributed by atoms with E-state index in [0.29, 0.717) is 12.1 Å². The summed E-state index contributed by atoms with van der Waals surface area (Å²) in [5.41, 5.74) is 1.16. The second kappa shape index (κ2) is 6.00. The molecule has 1 N–H and O–H groups in total. The van der Waals surface area contributed by atoms with E-state index in [1.54, 1.807) is 11.3 Å². The molecule has 2 heterocycles. The van der Waals surface area contributed by atoms with Crippen LogP contribution in [0.15, 0.2) is 5.38 Å². The zero-order valence-electron chi connectivity index (χ0n) is 12.5. The third-order valence-corrected chi connectivity index (χ3v) is 5.50. The Morgan fingerprint density at radius 3 is 2.95 bits per heavy atom. The van der Waals surface area contributed by atoms with Crippen LogP contribution in [0.5, 0.6) is 0 Å². The fourth-order valence-corrected chi connectivity index (χ4v) is 3.97. The number of aliphatic hydroxyl groups excluding tert-OH is 1. The molecular weight excluding hydrogens is 270 g/mol. The lowest BCUT2D eigenvalue weighted by atomic mass is 9.98. The van der Waals surface area contributed by atoms with E-state index in [-0.39, 0.29) is 6.10 Å². The van der Waals surface area contributed by atoms with E-state index in [1.165, 1.54) is 25.7 Å². The summed E-state index contributed by atoms with van der Waals surface area (Å²) in [6.45, 7) is 3.88. The highest BCUT2D eigenvalue weighted by Gasteiger charge is 2.29. The molecule has 5 heteroatoms. The van der Waals surface area contributed by atoms with Gasteiger partial charge >= 0.3 is 0 Å². The number of nitrogens with zero attached hydrogens (tertiary/aromatic N) is 3. The second-order valence-electron chi connectivity index (χ2n) is 6.24. The predicted octanol–water partition coefficient (Wildman–Crippen LogP) is 2.48. The van der Waals surface area contributed by atoms with Gasteiger partial charge in [-0.2, -0.15) is 0 Å². The van der Waals surface area contributed by atoms with Crippen molar-refractivity contribution in [1.29, 1.82) is 0 Å². The van der Waals surface area contributed by atoms with Gasteiger partial charge in [-0.05, 0) is 39.2 Å². The van der Waals surface area contributed by atoms with E-state index < -0.39 is 0 Å². The summed E-state index contributed by atoms with van der Waals surface area (Å²) >= 11 is 1.75. The van der Waals surface area contributed by atoms with Crippen molar-refractivity contribution < 1.29 is 5.11 Å². The van der Waals surface area contributed by atoms with Crippen molar-refractivity contribution >= 4 is 16.5 Å². The number of likely N-dealkylation sites (tertiary alicyclic amines) is 1. The number of anilines is 1. The molecule has 1 saturated heterocycles. The molecule has 2 fully saturated rings. The number of aliphatic hydroxyl groups is 1. The van der Waals surface area contributed by atoms with Crippen LogP contribution < -0.4 is 4.90 Å². The summed E-state index contributed by atoms with van der Waals surface area (Å²) in [7, 11) is 2.15. The first-order chi connectivity index (χ1) is 9.65. The quantitative estimate of drug-likeness (QED) is 0.906. The van der Waals surface area contributed by atoms with Crippen molar-refractivity contribution in [3.05, 3.63) is 11.1 Å². The molecule has 4 nitrogen and oxygen atoms in total. The molecule has 1 saturated carbocycles. The third-order valence-electron chi connectivity index (χ3n) is 4.52. The van der Waals surface area contributed by atoms with Crippen LogP contribution in [0.25, 0.3) is 0 Å². The van der Waals surface area contributed by atoms with Gasteiger partial charge in [0.1, 0.15) is 0 Å².